The van der Waals surface area contributed by atoms with Crippen molar-refractivity contribution in [2.45, 2.75) is 50.6 Å². The maximum absolute atomic E-state index is 13.0. The lowest BCUT2D eigenvalue weighted by atomic mass is 9.84. The summed E-state index contributed by atoms with van der Waals surface area (Å²) in [6, 6.07) is 7.66. The van der Waals surface area contributed by atoms with Gasteiger partial charge >= 0.3 is 6.03 Å². The van der Waals surface area contributed by atoms with Gasteiger partial charge in [-0.3, -0.25) is 9.62 Å². The number of carbonyl (C=O) groups is 1. The Hall–Kier alpha value is -2.30. The van der Waals surface area contributed by atoms with Gasteiger partial charge in [0.15, 0.2) is 5.82 Å². The standard InChI is InChI=1S/C24H33ClN6O3S/c1-35(33,34)27-21-8-15-31(26-21)23(32)29-16-10-24(11-17-29)9-5-14-30(24)18-19-6-4-7-20(22(19)25)28-12-2-3-13-28/h4,6-8,15H,2-3,5,9-14,16-18H2,1H3,(H,26,27). The largest absolute Gasteiger partial charge is 0.370 e. The molecule has 1 N–H and O–H groups in total. The Morgan fingerprint density at radius 1 is 1.06 bits per heavy atom. The number of sulfonamides is 1. The number of likely N-dealkylation sites (tertiary alicyclic amines) is 2. The Morgan fingerprint density at radius 2 is 1.80 bits per heavy atom. The second kappa shape index (κ2) is 9.63. The van der Waals surface area contributed by atoms with Crippen molar-refractivity contribution in [2.75, 3.05) is 48.6 Å². The molecule has 0 saturated carbocycles. The van der Waals surface area contributed by atoms with E-state index in [1.807, 2.05) is 0 Å². The van der Waals surface area contributed by atoms with Gasteiger partial charge in [-0.1, -0.05) is 23.7 Å². The highest BCUT2D eigenvalue weighted by Crippen LogP contribution is 2.41. The van der Waals surface area contributed by atoms with E-state index in [9.17, 15) is 13.2 Å². The predicted molar refractivity (Wildman–Crippen MR) is 138 cm³/mol. The van der Waals surface area contributed by atoms with E-state index in [1.165, 1.54) is 35.4 Å². The zero-order valence-electron chi connectivity index (χ0n) is 20.1. The first-order valence-corrected chi connectivity index (χ1v) is 14.6. The van der Waals surface area contributed by atoms with Crippen LogP contribution in [0.15, 0.2) is 30.5 Å². The van der Waals surface area contributed by atoms with Gasteiger partial charge in [-0.2, -0.15) is 4.68 Å². The fourth-order valence-electron chi connectivity index (χ4n) is 5.84. The van der Waals surface area contributed by atoms with Crippen LogP contribution >= 0.6 is 11.6 Å². The number of anilines is 2. The number of halogens is 1. The number of nitrogens with one attached hydrogen (secondary N) is 1. The highest BCUT2D eigenvalue weighted by Gasteiger charge is 2.44. The Balaban J connectivity index is 1.24. The number of rotatable bonds is 5. The molecule has 11 heteroatoms. The summed E-state index contributed by atoms with van der Waals surface area (Å²) >= 11 is 6.90. The maximum atomic E-state index is 13.0. The van der Waals surface area contributed by atoms with Crippen molar-refractivity contribution in [1.29, 1.82) is 0 Å². The summed E-state index contributed by atoms with van der Waals surface area (Å²) in [6.45, 7) is 5.30. The van der Waals surface area contributed by atoms with Crippen molar-refractivity contribution in [3.8, 4) is 0 Å². The molecule has 5 rings (SSSR count). The van der Waals surface area contributed by atoms with Gasteiger partial charge in [-0.25, -0.2) is 13.2 Å². The SMILES string of the molecule is CS(=O)(=O)Nc1ccn(C(=O)N2CCC3(CCCN3Cc3cccc(N4CCCC4)c3Cl)CC2)n1. The van der Waals surface area contributed by atoms with E-state index in [2.05, 4.69) is 37.8 Å². The second-order valence-corrected chi connectivity index (χ2v) is 12.1. The van der Waals surface area contributed by atoms with Gasteiger partial charge < -0.3 is 9.80 Å². The molecule has 1 spiro atoms. The Morgan fingerprint density at radius 3 is 2.51 bits per heavy atom. The summed E-state index contributed by atoms with van der Waals surface area (Å²) in [4.78, 5) is 19.7. The molecule has 35 heavy (non-hydrogen) atoms. The quantitative estimate of drug-likeness (QED) is 0.647. The van der Waals surface area contributed by atoms with Crippen LogP contribution < -0.4 is 9.62 Å². The summed E-state index contributed by atoms with van der Waals surface area (Å²) in [5.41, 5.74) is 2.41. The summed E-state index contributed by atoms with van der Waals surface area (Å²) in [5, 5.41) is 4.96. The summed E-state index contributed by atoms with van der Waals surface area (Å²) in [5.74, 6) is 0.143. The van der Waals surface area contributed by atoms with E-state index >= 15 is 0 Å². The van der Waals surface area contributed by atoms with Crippen LogP contribution in [0.5, 0.6) is 0 Å². The van der Waals surface area contributed by atoms with Gasteiger partial charge in [0, 0.05) is 50.5 Å². The van der Waals surface area contributed by atoms with E-state index < -0.39 is 10.0 Å². The van der Waals surface area contributed by atoms with Crippen LogP contribution in [0.3, 0.4) is 0 Å². The van der Waals surface area contributed by atoms with Crippen LogP contribution in [0, 0.1) is 0 Å². The minimum absolute atomic E-state index is 0.0802. The minimum atomic E-state index is -3.44. The van der Waals surface area contributed by atoms with Crippen molar-refractivity contribution >= 4 is 39.2 Å². The first kappa shape index (κ1) is 24.4. The number of hydrogen-bond acceptors (Lipinski definition) is 6. The third-order valence-corrected chi connectivity index (χ3v) is 8.66. The second-order valence-electron chi connectivity index (χ2n) is 9.98. The first-order valence-electron chi connectivity index (χ1n) is 12.3. The highest BCUT2D eigenvalue weighted by atomic mass is 35.5. The van der Waals surface area contributed by atoms with Gasteiger partial charge in [0.2, 0.25) is 10.0 Å². The Kier molecular flexibility index (Phi) is 6.71. The zero-order valence-corrected chi connectivity index (χ0v) is 21.7. The third kappa shape index (κ3) is 5.15. The van der Waals surface area contributed by atoms with Crippen LogP contribution in [0.25, 0.3) is 0 Å². The molecule has 1 aromatic heterocycles. The van der Waals surface area contributed by atoms with E-state index in [-0.39, 0.29) is 17.4 Å². The number of nitrogens with zero attached hydrogens (tertiary/aromatic N) is 5. The predicted octanol–water partition coefficient (Wildman–Crippen LogP) is 3.61. The molecule has 0 unspecified atom stereocenters. The topological polar surface area (TPSA) is 90.8 Å². The third-order valence-electron chi connectivity index (χ3n) is 7.65. The molecule has 3 fully saturated rings. The number of hydrogen-bond donors (Lipinski definition) is 1. The van der Waals surface area contributed by atoms with Crippen molar-refractivity contribution < 1.29 is 13.2 Å². The van der Waals surface area contributed by atoms with Crippen molar-refractivity contribution in [3.05, 3.63) is 41.0 Å². The van der Waals surface area contributed by atoms with Crippen LogP contribution in [0.1, 0.15) is 44.1 Å². The minimum Gasteiger partial charge on any atom is -0.370 e. The molecular weight excluding hydrogens is 488 g/mol. The van der Waals surface area contributed by atoms with E-state index in [1.54, 1.807) is 4.90 Å². The molecule has 3 saturated heterocycles. The van der Waals surface area contributed by atoms with Crippen molar-refractivity contribution in [2.24, 2.45) is 0 Å². The lowest BCUT2D eigenvalue weighted by molar-refractivity contribution is 0.0585. The number of amides is 1. The van der Waals surface area contributed by atoms with Gasteiger partial charge in [0.1, 0.15) is 0 Å². The average Bonchev–Trinajstić information content (AvgIpc) is 3.57. The van der Waals surface area contributed by atoms with Crippen LogP contribution in [-0.2, 0) is 16.6 Å². The molecule has 0 aliphatic carbocycles. The number of aromatic nitrogens is 2. The molecule has 190 valence electrons. The Bertz CT molecular complexity index is 1190. The first-order chi connectivity index (χ1) is 16.7. The average molecular weight is 521 g/mol. The Labute approximate surface area is 212 Å². The number of piperidine rings is 1. The molecule has 0 atom stereocenters. The molecule has 1 amide bonds. The monoisotopic (exact) mass is 520 g/mol. The van der Waals surface area contributed by atoms with Crippen molar-refractivity contribution in [1.82, 2.24) is 19.6 Å². The zero-order chi connectivity index (χ0) is 24.6. The molecule has 2 aromatic rings. The van der Waals surface area contributed by atoms with Crippen LogP contribution in [0.2, 0.25) is 5.02 Å². The normalized spacial score (nSPS) is 20.6. The maximum Gasteiger partial charge on any atom is 0.344 e. The molecule has 0 radical (unpaired) electrons. The molecule has 4 heterocycles. The summed E-state index contributed by atoms with van der Waals surface area (Å²) < 4.78 is 26.4. The lowest BCUT2D eigenvalue weighted by Gasteiger charge is -2.45. The summed E-state index contributed by atoms with van der Waals surface area (Å²) in [6.07, 6.45) is 9.08. The van der Waals surface area contributed by atoms with Crippen LogP contribution in [-0.4, -0.2) is 78.5 Å². The number of carbonyl (C=O) groups excluding carboxylic acids is 1. The van der Waals surface area contributed by atoms with Gasteiger partial charge in [-0.15, -0.1) is 5.10 Å². The molecule has 0 bridgehead atoms. The molecule has 3 aliphatic heterocycles. The van der Waals surface area contributed by atoms with E-state index in [0.717, 1.165) is 68.8 Å². The fraction of sp³-hybridized carbons (Fsp3) is 0.583. The smallest absolute Gasteiger partial charge is 0.344 e. The van der Waals surface area contributed by atoms with Crippen molar-refractivity contribution in [3.63, 3.8) is 0 Å². The molecule has 1 aromatic carbocycles. The van der Waals surface area contributed by atoms with Crippen LogP contribution in [0.4, 0.5) is 16.3 Å². The van der Waals surface area contributed by atoms with Gasteiger partial charge in [0.25, 0.3) is 0 Å². The number of benzene rings is 1. The molecular formula is C24H33ClN6O3S. The molecule has 9 nitrogen and oxygen atoms in total. The highest BCUT2D eigenvalue weighted by molar-refractivity contribution is 7.92. The van der Waals surface area contributed by atoms with Gasteiger partial charge in [0.05, 0.1) is 17.0 Å². The van der Waals surface area contributed by atoms with E-state index in [4.69, 9.17) is 11.6 Å². The lowest BCUT2D eigenvalue weighted by Crippen LogP contribution is -2.53. The molecule has 3 aliphatic rings. The summed E-state index contributed by atoms with van der Waals surface area (Å²) in [7, 11) is -3.44. The fourth-order valence-corrected chi connectivity index (χ4v) is 6.63. The van der Waals surface area contributed by atoms with E-state index in [0.29, 0.717) is 13.1 Å². The van der Waals surface area contributed by atoms with Gasteiger partial charge in [-0.05, 0) is 56.7 Å².